The van der Waals surface area contributed by atoms with E-state index in [-0.39, 0.29) is 26.2 Å². The first-order valence-electron chi connectivity index (χ1n) is 11.5. The topological polar surface area (TPSA) is 116 Å². The number of carbonyl (C=O) groups is 4. The van der Waals surface area contributed by atoms with E-state index in [1.807, 2.05) is 27.7 Å². The van der Waals surface area contributed by atoms with Gasteiger partial charge in [-0.1, -0.05) is 53.4 Å². The smallest absolute Gasteiger partial charge is 0.340 e. The Balaban J connectivity index is 5.84. The number of hydrogen-bond donors (Lipinski definition) is 1. The van der Waals surface area contributed by atoms with Gasteiger partial charge in [0.05, 0.1) is 26.2 Å². The molecule has 0 aromatic rings. The lowest BCUT2D eigenvalue weighted by molar-refractivity contribution is -0.188. The third kappa shape index (κ3) is 10.8. The lowest BCUT2D eigenvalue weighted by atomic mass is 9.80. The summed E-state index contributed by atoms with van der Waals surface area (Å²) in [4.78, 5) is 50.8. The molecule has 0 aromatic carbocycles. The summed E-state index contributed by atoms with van der Waals surface area (Å²) >= 11 is 0. The van der Waals surface area contributed by atoms with Crippen LogP contribution >= 0.6 is 0 Å². The molecule has 0 aromatic heterocycles. The van der Waals surface area contributed by atoms with E-state index in [0.29, 0.717) is 32.1 Å². The van der Waals surface area contributed by atoms with E-state index in [0.717, 1.165) is 19.3 Å². The predicted octanol–water partition coefficient (Wildman–Crippen LogP) is 3.51. The molecule has 0 aliphatic rings. The molecule has 0 saturated heterocycles. The summed E-state index contributed by atoms with van der Waals surface area (Å²) in [7, 11) is 0. The molecule has 0 amide bonds. The van der Waals surface area contributed by atoms with E-state index >= 15 is 0 Å². The van der Waals surface area contributed by atoms with E-state index in [1.54, 1.807) is 0 Å². The van der Waals surface area contributed by atoms with E-state index in [1.165, 1.54) is 0 Å². The van der Waals surface area contributed by atoms with E-state index in [2.05, 4.69) is 0 Å². The van der Waals surface area contributed by atoms with Gasteiger partial charge in [0.2, 0.25) is 0 Å². The molecule has 0 saturated carbocycles. The number of ether oxygens (including phenoxy) is 3. The molecule has 0 radical (unpaired) electrons. The van der Waals surface area contributed by atoms with Crippen molar-refractivity contribution in [3.05, 3.63) is 0 Å². The highest BCUT2D eigenvalue weighted by atomic mass is 16.6. The molecular weight excluding hydrogens is 404 g/mol. The Morgan fingerprint density at radius 3 is 1.74 bits per heavy atom. The highest BCUT2D eigenvalue weighted by Crippen LogP contribution is 2.29. The van der Waals surface area contributed by atoms with E-state index < -0.39 is 41.6 Å². The van der Waals surface area contributed by atoms with Crippen molar-refractivity contribution in [2.45, 2.75) is 97.5 Å². The highest BCUT2D eigenvalue weighted by molar-refractivity contribution is 6.06. The summed E-state index contributed by atoms with van der Waals surface area (Å²) < 4.78 is 15.4. The Morgan fingerprint density at radius 2 is 1.23 bits per heavy atom. The van der Waals surface area contributed by atoms with Crippen LogP contribution in [0.2, 0.25) is 0 Å². The maximum atomic E-state index is 12.9. The zero-order valence-electron chi connectivity index (χ0n) is 19.6. The predicted molar refractivity (Wildman–Crippen MR) is 115 cm³/mol. The second-order valence-electron chi connectivity index (χ2n) is 7.69. The van der Waals surface area contributed by atoms with Crippen molar-refractivity contribution in [1.29, 1.82) is 0 Å². The van der Waals surface area contributed by atoms with Gasteiger partial charge in [-0.25, -0.2) is 4.79 Å². The monoisotopic (exact) mass is 444 g/mol. The molecule has 0 aliphatic carbocycles. The van der Waals surface area contributed by atoms with E-state index in [9.17, 15) is 24.3 Å². The maximum absolute atomic E-state index is 12.9. The minimum atomic E-state index is -2.68. The van der Waals surface area contributed by atoms with Crippen LogP contribution in [0.4, 0.5) is 0 Å². The molecule has 8 heteroatoms. The molecule has 0 heterocycles. The lowest BCUT2D eigenvalue weighted by Crippen LogP contribution is -2.55. The Hall–Kier alpha value is -1.96. The summed E-state index contributed by atoms with van der Waals surface area (Å²) in [6, 6.07) is 0. The number of esters is 3. The molecule has 0 rings (SSSR count). The average molecular weight is 445 g/mol. The molecule has 2 unspecified atom stereocenters. The van der Waals surface area contributed by atoms with Gasteiger partial charge in [0, 0.05) is 6.42 Å². The van der Waals surface area contributed by atoms with Crippen LogP contribution in [0.5, 0.6) is 0 Å². The number of carbonyl (C=O) groups excluding carboxylic acids is 4. The summed E-state index contributed by atoms with van der Waals surface area (Å²) in [5.74, 6) is -5.58. The summed E-state index contributed by atoms with van der Waals surface area (Å²) in [6.07, 6.45) is 4.28. The van der Waals surface area contributed by atoms with Crippen LogP contribution < -0.4 is 0 Å². The van der Waals surface area contributed by atoms with Crippen LogP contribution in [-0.4, -0.2) is 54.2 Å². The zero-order valence-corrected chi connectivity index (χ0v) is 19.6. The highest BCUT2D eigenvalue weighted by Gasteiger charge is 2.55. The molecule has 0 fully saturated rings. The van der Waals surface area contributed by atoms with Crippen LogP contribution in [0.25, 0.3) is 0 Å². The minimum absolute atomic E-state index is 0.00325. The number of unbranched alkanes of at least 4 members (excludes halogenated alkanes) is 4. The van der Waals surface area contributed by atoms with Gasteiger partial charge in [-0.3, -0.25) is 14.4 Å². The van der Waals surface area contributed by atoms with Crippen LogP contribution in [-0.2, 0) is 33.4 Å². The molecule has 180 valence electrons. The fourth-order valence-corrected chi connectivity index (χ4v) is 2.82. The van der Waals surface area contributed by atoms with Gasteiger partial charge < -0.3 is 19.3 Å². The van der Waals surface area contributed by atoms with Crippen molar-refractivity contribution in [2.24, 2.45) is 5.92 Å². The van der Waals surface area contributed by atoms with Gasteiger partial charge in [0.25, 0.3) is 0 Å². The van der Waals surface area contributed by atoms with Crippen LogP contribution in [0.3, 0.4) is 0 Å². The van der Waals surface area contributed by atoms with Crippen molar-refractivity contribution >= 4 is 23.7 Å². The number of aliphatic hydroxyl groups is 1. The van der Waals surface area contributed by atoms with Gasteiger partial charge >= 0.3 is 17.9 Å². The Kier molecular flexibility index (Phi) is 15.6. The van der Waals surface area contributed by atoms with Crippen molar-refractivity contribution in [3.8, 4) is 0 Å². The van der Waals surface area contributed by atoms with Crippen molar-refractivity contribution < 1.29 is 38.5 Å². The number of Topliss-reactive ketones (excluding diaryl/α,β-unsaturated/α-hetero) is 1. The number of ketones is 1. The van der Waals surface area contributed by atoms with Gasteiger partial charge in [-0.2, -0.15) is 0 Å². The molecule has 1 N–H and O–H groups in total. The SMILES string of the molecule is CCCCOC(=O)CC(O)(C(=O)OCCCC)C(C(=O)CCCC)C(=O)OCCCC. The minimum Gasteiger partial charge on any atom is -0.466 e. The molecule has 0 spiro atoms. The van der Waals surface area contributed by atoms with Gasteiger partial charge in [-0.05, 0) is 25.7 Å². The van der Waals surface area contributed by atoms with Crippen molar-refractivity contribution in [3.63, 3.8) is 0 Å². The Bertz CT molecular complexity index is 560. The summed E-state index contributed by atoms with van der Waals surface area (Å²) in [5, 5.41) is 11.3. The van der Waals surface area contributed by atoms with Crippen LogP contribution in [0.1, 0.15) is 91.9 Å². The zero-order chi connectivity index (χ0) is 23.7. The van der Waals surface area contributed by atoms with Crippen LogP contribution in [0.15, 0.2) is 0 Å². The van der Waals surface area contributed by atoms with Crippen molar-refractivity contribution in [2.75, 3.05) is 19.8 Å². The summed E-state index contributed by atoms with van der Waals surface area (Å²) in [6.45, 7) is 7.77. The molecule has 31 heavy (non-hydrogen) atoms. The second kappa shape index (κ2) is 16.7. The van der Waals surface area contributed by atoms with E-state index in [4.69, 9.17) is 14.2 Å². The van der Waals surface area contributed by atoms with Gasteiger partial charge in [0.1, 0.15) is 0 Å². The van der Waals surface area contributed by atoms with Crippen molar-refractivity contribution in [1.82, 2.24) is 0 Å². The van der Waals surface area contributed by atoms with Gasteiger partial charge in [-0.15, -0.1) is 0 Å². The largest absolute Gasteiger partial charge is 0.466 e. The number of rotatable bonds is 18. The molecule has 0 aliphatic heterocycles. The summed E-state index contributed by atoms with van der Waals surface area (Å²) in [5.41, 5.74) is -2.68. The van der Waals surface area contributed by atoms with Gasteiger partial charge in [0.15, 0.2) is 17.3 Å². The quantitative estimate of drug-likeness (QED) is 0.148. The Labute approximate surface area is 186 Å². The standard InChI is InChI=1S/C23H40O8/c1-5-9-13-18(24)20(21(26)30-15-11-7-3)23(28,22(27)31-16-12-8-4)17-19(25)29-14-10-6-2/h20,28H,5-17H2,1-4H3. The fraction of sp³-hybridized carbons (Fsp3) is 0.826. The lowest BCUT2D eigenvalue weighted by Gasteiger charge is -2.31. The maximum Gasteiger partial charge on any atom is 0.340 e. The number of hydrogen-bond acceptors (Lipinski definition) is 8. The first-order valence-corrected chi connectivity index (χ1v) is 11.5. The molecule has 0 bridgehead atoms. The average Bonchev–Trinajstić information content (AvgIpc) is 2.72. The molecule has 8 nitrogen and oxygen atoms in total. The molecule has 2 atom stereocenters. The second-order valence-corrected chi connectivity index (χ2v) is 7.69. The Morgan fingerprint density at radius 1 is 0.742 bits per heavy atom. The normalized spacial score (nSPS) is 13.7. The third-order valence-electron chi connectivity index (χ3n) is 4.81. The first-order chi connectivity index (χ1) is 14.8. The third-order valence-corrected chi connectivity index (χ3v) is 4.81. The molecular formula is C23H40O8. The first kappa shape index (κ1) is 29.0. The van der Waals surface area contributed by atoms with Crippen LogP contribution in [0, 0.1) is 5.92 Å². The fourth-order valence-electron chi connectivity index (χ4n) is 2.82.